The van der Waals surface area contributed by atoms with Crippen molar-refractivity contribution in [3.8, 4) is 0 Å². The van der Waals surface area contributed by atoms with Crippen molar-refractivity contribution >= 4 is 11.9 Å². The third-order valence-electron chi connectivity index (χ3n) is 5.65. The van der Waals surface area contributed by atoms with E-state index in [-0.39, 0.29) is 18.0 Å². The molecule has 1 aliphatic carbocycles. The number of unbranched alkanes of at least 4 members (excludes halogenated alkanes) is 2. The summed E-state index contributed by atoms with van der Waals surface area (Å²) in [6.45, 7) is 6.63. The zero-order valence-electron chi connectivity index (χ0n) is 16.0. The minimum absolute atomic E-state index is 0.0356. The average molecular weight is 353 g/mol. The second-order valence-corrected chi connectivity index (χ2v) is 7.62. The topological polar surface area (TPSA) is 73.5 Å². The van der Waals surface area contributed by atoms with Gasteiger partial charge in [-0.15, -0.1) is 0 Å². The molecule has 3 amide bonds. The van der Waals surface area contributed by atoms with Crippen LogP contribution in [-0.4, -0.2) is 54.6 Å². The van der Waals surface area contributed by atoms with Gasteiger partial charge in [0.2, 0.25) is 5.91 Å². The van der Waals surface area contributed by atoms with Gasteiger partial charge in [-0.3, -0.25) is 4.79 Å². The summed E-state index contributed by atoms with van der Waals surface area (Å²) in [6, 6.07) is 0.956. The number of nitrogens with one attached hydrogen (secondary N) is 3. The first-order valence-corrected chi connectivity index (χ1v) is 10.1. The Hall–Kier alpha value is -1.30. The first-order valence-electron chi connectivity index (χ1n) is 10.1. The molecule has 0 aromatic carbocycles. The van der Waals surface area contributed by atoms with Crippen LogP contribution in [0.4, 0.5) is 4.79 Å². The monoisotopic (exact) mass is 352 g/mol. The van der Waals surface area contributed by atoms with Gasteiger partial charge in [-0.2, -0.15) is 0 Å². The van der Waals surface area contributed by atoms with Crippen LogP contribution >= 0.6 is 0 Å². The fourth-order valence-corrected chi connectivity index (χ4v) is 3.82. The number of hydrogen-bond acceptors (Lipinski definition) is 3. The normalized spacial score (nSPS) is 24.8. The van der Waals surface area contributed by atoms with E-state index >= 15 is 0 Å². The highest BCUT2D eigenvalue weighted by molar-refractivity contribution is 5.76. The van der Waals surface area contributed by atoms with Crippen LogP contribution in [0, 0.1) is 0 Å². The molecular formula is C19H36N4O2. The van der Waals surface area contributed by atoms with E-state index in [2.05, 4.69) is 29.8 Å². The third kappa shape index (κ3) is 6.84. The molecule has 25 heavy (non-hydrogen) atoms. The SMILES string of the molecule is CC1NCCN(C(=O)CCCCCNC(=O)NC2CCCCC2)C1C. The van der Waals surface area contributed by atoms with Crippen LogP contribution in [0.2, 0.25) is 0 Å². The zero-order chi connectivity index (χ0) is 18.1. The molecule has 0 spiro atoms. The van der Waals surface area contributed by atoms with E-state index < -0.39 is 0 Å². The summed E-state index contributed by atoms with van der Waals surface area (Å²) in [7, 11) is 0. The van der Waals surface area contributed by atoms with Gasteiger partial charge >= 0.3 is 6.03 Å². The van der Waals surface area contributed by atoms with E-state index in [1.54, 1.807) is 0 Å². The van der Waals surface area contributed by atoms with Crippen molar-refractivity contribution in [2.24, 2.45) is 0 Å². The van der Waals surface area contributed by atoms with Gasteiger partial charge in [-0.1, -0.05) is 25.7 Å². The number of amides is 3. The maximum absolute atomic E-state index is 12.3. The molecule has 1 saturated heterocycles. The average Bonchev–Trinajstić information content (AvgIpc) is 2.61. The number of carbonyl (C=O) groups excluding carboxylic acids is 2. The Labute approximate surface area is 152 Å². The second kappa shape index (κ2) is 10.6. The summed E-state index contributed by atoms with van der Waals surface area (Å²) < 4.78 is 0. The summed E-state index contributed by atoms with van der Waals surface area (Å²) >= 11 is 0. The second-order valence-electron chi connectivity index (χ2n) is 7.62. The summed E-state index contributed by atoms with van der Waals surface area (Å²) in [5.74, 6) is 0.267. The van der Waals surface area contributed by atoms with Crippen molar-refractivity contribution in [3.63, 3.8) is 0 Å². The van der Waals surface area contributed by atoms with E-state index in [1.807, 2.05) is 4.90 Å². The van der Waals surface area contributed by atoms with Gasteiger partial charge < -0.3 is 20.9 Å². The van der Waals surface area contributed by atoms with Crippen molar-refractivity contribution in [1.82, 2.24) is 20.9 Å². The maximum Gasteiger partial charge on any atom is 0.315 e. The lowest BCUT2D eigenvalue weighted by Gasteiger charge is -2.38. The van der Waals surface area contributed by atoms with Crippen molar-refractivity contribution in [1.29, 1.82) is 0 Å². The highest BCUT2D eigenvalue weighted by Gasteiger charge is 2.27. The lowest BCUT2D eigenvalue weighted by Crippen LogP contribution is -2.57. The number of carbonyl (C=O) groups is 2. The molecular weight excluding hydrogens is 316 g/mol. The smallest absolute Gasteiger partial charge is 0.315 e. The summed E-state index contributed by atoms with van der Waals surface area (Å²) in [5, 5.41) is 9.40. The number of rotatable bonds is 7. The van der Waals surface area contributed by atoms with Crippen LogP contribution < -0.4 is 16.0 Å². The van der Waals surface area contributed by atoms with Gasteiger partial charge in [-0.25, -0.2) is 4.79 Å². The van der Waals surface area contributed by atoms with E-state index in [1.165, 1.54) is 19.3 Å². The first-order chi connectivity index (χ1) is 12.1. The molecule has 6 heteroatoms. The Bertz CT molecular complexity index is 424. The zero-order valence-corrected chi connectivity index (χ0v) is 16.0. The molecule has 2 aliphatic rings. The lowest BCUT2D eigenvalue weighted by molar-refractivity contribution is -0.135. The van der Waals surface area contributed by atoms with Crippen LogP contribution in [0.15, 0.2) is 0 Å². The summed E-state index contributed by atoms with van der Waals surface area (Å²) in [4.78, 5) is 26.2. The van der Waals surface area contributed by atoms with Crippen LogP contribution in [-0.2, 0) is 4.79 Å². The van der Waals surface area contributed by atoms with Crippen molar-refractivity contribution in [2.75, 3.05) is 19.6 Å². The largest absolute Gasteiger partial charge is 0.338 e. The van der Waals surface area contributed by atoms with Gasteiger partial charge in [0.05, 0.1) is 0 Å². The lowest BCUT2D eigenvalue weighted by atomic mass is 9.96. The van der Waals surface area contributed by atoms with E-state index in [0.717, 1.165) is 45.2 Å². The molecule has 6 nitrogen and oxygen atoms in total. The Morgan fingerprint density at radius 1 is 1.08 bits per heavy atom. The molecule has 1 heterocycles. The molecule has 1 aliphatic heterocycles. The van der Waals surface area contributed by atoms with E-state index in [9.17, 15) is 9.59 Å². The predicted octanol–water partition coefficient (Wildman–Crippen LogP) is 2.39. The van der Waals surface area contributed by atoms with Crippen LogP contribution in [0.25, 0.3) is 0 Å². The molecule has 2 atom stereocenters. The van der Waals surface area contributed by atoms with E-state index in [0.29, 0.717) is 25.0 Å². The number of hydrogen-bond donors (Lipinski definition) is 3. The van der Waals surface area contributed by atoms with Crippen molar-refractivity contribution in [3.05, 3.63) is 0 Å². The van der Waals surface area contributed by atoms with Crippen LogP contribution in [0.5, 0.6) is 0 Å². The van der Waals surface area contributed by atoms with Gasteiger partial charge in [0.1, 0.15) is 0 Å². The molecule has 0 aromatic heterocycles. The van der Waals surface area contributed by atoms with Gasteiger partial charge in [0.15, 0.2) is 0 Å². The Balaban J connectivity index is 1.50. The summed E-state index contributed by atoms with van der Waals surface area (Å²) in [6.07, 6.45) is 9.39. The molecule has 2 fully saturated rings. The van der Waals surface area contributed by atoms with Crippen LogP contribution in [0.1, 0.15) is 71.6 Å². The molecule has 144 valence electrons. The number of urea groups is 1. The molecule has 0 bridgehead atoms. The van der Waals surface area contributed by atoms with Crippen molar-refractivity contribution < 1.29 is 9.59 Å². The third-order valence-corrected chi connectivity index (χ3v) is 5.65. The van der Waals surface area contributed by atoms with Crippen molar-refractivity contribution in [2.45, 2.75) is 89.8 Å². The number of nitrogens with zero attached hydrogens (tertiary/aromatic N) is 1. The molecule has 3 N–H and O–H groups in total. The highest BCUT2D eigenvalue weighted by Crippen LogP contribution is 2.17. The Morgan fingerprint density at radius 2 is 1.84 bits per heavy atom. The standard InChI is InChI=1S/C19H36N4O2/c1-15-16(2)23(14-13-20-15)18(24)11-7-4-8-12-21-19(25)22-17-9-5-3-6-10-17/h15-17,20H,3-14H2,1-2H3,(H2,21,22,25). The van der Waals surface area contributed by atoms with Gasteiger partial charge in [0, 0.05) is 44.2 Å². The van der Waals surface area contributed by atoms with Gasteiger partial charge in [-0.05, 0) is 39.5 Å². The summed E-state index contributed by atoms with van der Waals surface area (Å²) in [5.41, 5.74) is 0. The van der Waals surface area contributed by atoms with Gasteiger partial charge in [0.25, 0.3) is 0 Å². The molecule has 2 unspecified atom stereocenters. The molecule has 2 rings (SSSR count). The minimum Gasteiger partial charge on any atom is -0.338 e. The molecule has 0 radical (unpaired) electrons. The van der Waals surface area contributed by atoms with E-state index in [4.69, 9.17) is 0 Å². The fraction of sp³-hybridized carbons (Fsp3) is 0.895. The quantitative estimate of drug-likeness (QED) is 0.616. The molecule has 0 aromatic rings. The fourth-order valence-electron chi connectivity index (χ4n) is 3.82. The Kier molecular flexibility index (Phi) is 8.52. The predicted molar refractivity (Wildman–Crippen MR) is 101 cm³/mol. The Morgan fingerprint density at radius 3 is 2.60 bits per heavy atom. The minimum atomic E-state index is -0.0356. The van der Waals surface area contributed by atoms with Crippen LogP contribution in [0.3, 0.4) is 0 Å². The number of piperazine rings is 1. The molecule has 1 saturated carbocycles. The first kappa shape index (κ1) is 20.0. The highest BCUT2D eigenvalue weighted by atomic mass is 16.2. The maximum atomic E-state index is 12.3.